The first-order valence-electron chi connectivity index (χ1n) is 23.9. The molecule has 1 aliphatic rings. The highest BCUT2D eigenvalue weighted by Gasteiger charge is 2.40. The molecule has 404 valence electrons. The highest BCUT2D eigenvalue weighted by atomic mass is 16.5. The molecule has 0 spiro atoms. The number of carbonyl (C=O) groups excluding carboxylic acids is 9. The summed E-state index contributed by atoms with van der Waals surface area (Å²) in [6.07, 6.45) is -1.37. The van der Waals surface area contributed by atoms with Crippen LogP contribution in [0, 0.1) is 5.92 Å². The molecule has 2 rings (SSSR count). The Morgan fingerprint density at radius 1 is 0.750 bits per heavy atom. The molecule has 1 fully saturated rings. The van der Waals surface area contributed by atoms with Crippen molar-refractivity contribution in [1.29, 1.82) is 0 Å². The molecule has 1 aromatic carbocycles. The minimum atomic E-state index is -2.28. The molecule has 11 atom stereocenters. The van der Waals surface area contributed by atoms with Crippen molar-refractivity contribution in [2.45, 2.75) is 153 Å². The Labute approximate surface area is 418 Å². The topological polar surface area (TPSA) is 393 Å². The molecular weight excluding hydrogens is 947 g/mol. The molecule has 11 unspecified atom stereocenters. The van der Waals surface area contributed by atoms with Crippen molar-refractivity contribution < 1.29 is 78.5 Å². The van der Waals surface area contributed by atoms with Gasteiger partial charge >= 0.3 is 5.97 Å². The molecule has 0 radical (unpaired) electrons. The zero-order valence-electron chi connectivity index (χ0n) is 41.9. The summed E-state index contributed by atoms with van der Waals surface area (Å²) in [5, 5.41) is 85.3. The normalized spacial score (nSPS) is 24.8. The molecule has 0 aliphatic carbocycles. The van der Waals surface area contributed by atoms with Gasteiger partial charge in [0.15, 0.2) is 6.04 Å². The molecule has 15 N–H and O–H groups in total. The second-order valence-electron chi connectivity index (χ2n) is 17.8. The Bertz CT molecular complexity index is 2020. The third kappa shape index (κ3) is 19.8. The minimum Gasteiger partial charge on any atom is -0.467 e. The lowest BCUT2D eigenvalue weighted by Gasteiger charge is -2.32. The van der Waals surface area contributed by atoms with Crippen LogP contribution in [0.2, 0.25) is 0 Å². The maximum Gasteiger partial charge on any atom is 0.332 e. The van der Waals surface area contributed by atoms with Crippen LogP contribution < -0.4 is 47.9 Å². The summed E-state index contributed by atoms with van der Waals surface area (Å²) in [6, 6.07) is -4.94. The summed E-state index contributed by atoms with van der Waals surface area (Å²) < 4.78 is 4.65. The second kappa shape index (κ2) is 31.4. The molecule has 1 saturated heterocycles. The summed E-state index contributed by atoms with van der Waals surface area (Å²) in [7, 11) is 0.867. The smallest absolute Gasteiger partial charge is 0.332 e. The lowest BCUT2D eigenvalue weighted by molar-refractivity contribution is -0.150. The monoisotopic (exact) mass is 1020 g/mol. The van der Waals surface area contributed by atoms with E-state index in [1.54, 1.807) is 31.2 Å². The van der Waals surface area contributed by atoms with Crippen molar-refractivity contribution in [1.82, 2.24) is 47.9 Å². The lowest BCUT2D eigenvalue weighted by Crippen LogP contribution is -2.66. The van der Waals surface area contributed by atoms with E-state index in [2.05, 4.69) is 59.5 Å². The first kappa shape index (κ1) is 62.0. The Balaban J connectivity index is 2.55. The van der Waals surface area contributed by atoms with E-state index in [0.29, 0.717) is 0 Å². The predicted octanol–water partition coefficient (Wildman–Crippen LogP) is -4.48. The van der Waals surface area contributed by atoms with Crippen LogP contribution in [0.25, 0.3) is 0 Å². The Morgan fingerprint density at radius 2 is 1.32 bits per heavy atom. The molecule has 8 amide bonds. The van der Waals surface area contributed by atoms with E-state index in [1.165, 1.54) is 39.7 Å². The number of rotatable bonds is 19. The summed E-state index contributed by atoms with van der Waals surface area (Å²) in [5.41, 5.74) is 1.41. The van der Waals surface area contributed by atoms with Crippen LogP contribution in [0.4, 0.5) is 0 Å². The zero-order chi connectivity index (χ0) is 54.2. The number of nitrogens with one attached hydrogen (secondary N) is 9. The molecule has 25 nitrogen and oxygen atoms in total. The molecule has 72 heavy (non-hydrogen) atoms. The number of unbranched alkanes of at least 4 members (excludes halogenated alkanes) is 5. The number of aryl methyl sites for hydroxylation is 1. The van der Waals surface area contributed by atoms with E-state index in [9.17, 15) is 73.8 Å². The number of hydrogen-bond acceptors (Lipinski definition) is 17. The maximum absolute atomic E-state index is 14.0. The van der Waals surface area contributed by atoms with Crippen LogP contribution in [0.15, 0.2) is 35.9 Å². The quantitative estimate of drug-likeness (QED) is 0.0269. The van der Waals surface area contributed by atoms with Crippen molar-refractivity contribution in [2.75, 3.05) is 33.4 Å². The van der Waals surface area contributed by atoms with Gasteiger partial charge in [0.1, 0.15) is 48.6 Å². The first-order chi connectivity index (χ1) is 34.0. The molecule has 0 saturated carbocycles. The van der Waals surface area contributed by atoms with Gasteiger partial charge in [-0.2, -0.15) is 0 Å². The summed E-state index contributed by atoms with van der Waals surface area (Å²) in [6.45, 7) is 5.70. The lowest BCUT2D eigenvalue weighted by atomic mass is 9.99. The molecule has 1 aromatic rings. The Morgan fingerprint density at radius 3 is 1.90 bits per heavy atom. The van der Waals surface area contributed by atoms with Crippen molar-refractivity contribution in [3.05, 3.63) is 47.0 Å². The number of benzene rings is 1. The zero-order valence-corrected chi connectivity index (χ0v) is 41.9. The molecule has 1 heterocycles. The fourth-order valence-electron chi connectivity index (χ4n) is 7.03. The number of allylic oxidation sites excluding steroid dienone is 1. The van der Waals surface area contributed by atoms with Gasteiger partial charge in [0, 0.05) is 30.8 Å². The van der Waals surface area contributed by atoms with Gasteiger partial charge in [0.05, 0.1) is 25.9 Å². The van der Waals surface area contributed by atoms with E-state index in [0.717, 1.165) is 51.7 Å². The molecule has 25 heteroatoms. The number of hydrogen-bond donors (Lipinski definition) is 15. The second-order valence-corrected chi connectivity index (χ2v) is 17.8. The van der Waals surface area contributed by atoms with Crippen LogP contribution in [-0.2, 0) is 49.5 Å². The highest BCUT2D eigenvalue weighted by molar-refractivity contribution is 6.04. The van der Waals surface area contributed by atoms with Crippen LogP contribution in [0.3, 0.4) is 0 Å². The van der Waals surface area contributed by atoms with Gasteiger partial charge in [-0.25, -0.2) is 4.79 Å². The van der Waals surface area contributed by atoms with Gasteiger partial charge in [-0.15, -0.1) is 0 Å². The van der Waals surface area contributed by atoms with Gasteiger partial charge in [-0.05, 0) is 57.2 Å². The third-order valence-corrected chi connectivity index (χ3v) is 11.7. The maximum atomic E-state index is 14.0. The molecular formula is C47H75N9O16. The summed E-state index contributed by atoms with van der Waals surface area (Å²) in [5.74, 6) is -11.2. The average molecular weight is 1020 g/mol. The van der Waals surface area contributed by atoms with Crippen molar-refractivity contribution >= 4 is 53.2 Å². The minimum absolute atomic E-state index is 0.187. The number of esters is 1. The number of aliphatic hydroxyl groups excluding tert-OH is 6. The van der Waals surface area contributed by atoms with Gasteiger partial charge < -0.3 is 77.9 Å². The Hall–Kier alpha value is -6.09. The molecule has 0 aromatic heterocycles. The van der Waals surface area contributed by atoms with E-state index in [-0.39, 0.29) is 11.1 Å². The summed E-state index contributed by atoms with van der Waals surface area (Å²) in [4.78, 5) is 121. The van der Waals surface area contributed by atoms with Gasteiger partial charge in [0.2, 0.25) is 41.4 Å². The van der Waals surface area contributed by atoms with Crippen LogP contribution >= 0.6 is 0 Å². The highest BCUT2D eigenvalue weighted by Crippen LogP contribution is 2.13. The summed E-state index contributed by atoms with van der Waals surface area (Å²) >= 11 is 0. The van der Waals surface area contributed by atoms with Crippen molar-refractivity contribution in [2.24, 2.45) is 5.92 Å². The number of β-amino-alcohol motifs (C(OH)–C–C–N with tert-alkyl or cyclic N) is 1. The predicted molar refractivity (Wildman–Crippen MR) is 258 cm³/mol. The average Bonchev–Trinajstić information content (AvgIpc) is 3.36. The molecule has 1 aliphatic heterocycles. The van der Waals surface area contributed by atoms with Gasteiger partial charge in [0.25, 0.3) is 5.91 Å². The van der Waals surface area contributed by atoms with E-state index in [1.807, 2.05) is 0 Å². The van der Waals surface area contributed by atoms with E-state index in [4.69, 9.17) is 0 Å². The van der Waals surface area contributed by atoms with Crippen molar-refractivity contribution in [3.63, 3.8) is 0 Å². The number of ether oxygens (including phenoxy) is 1. The number of carbonyl (C=O) groups is 9. The first-order valence-corrected chi connectivity index (χ1v) is 23.9. The SMILES string of the molecule is C/C=C(/C)C(=O)NCC1NC(=O)C(C(=O)OC)NC(O)C(O)CNC(=O)C(C(C)O)NC(=O)C(C(O)C(O)CNC(=O)c2ccc(CCCCCCCC)cc2)NC(=O)C(C(C)C)NC(=O)C(CO)NC1=O. The van der Waals surface area contributed by atoms with E-state index >= 15 is 0 Å². The molecule has 0 bridgehead atoms. The standard InChI is InChI=1S/C47H75N9O16/c1-8-10-11-12-13-14-15-27-16-18-28(19-17-27)39(63)49-21-31(59)37(61)35-45(69)54-34(26(6)58)43(67)50-22-32(60)42(66)56-36(47(71)72-7)46(70)51-29(20-48-38(62)25(5)9-2)40(64)52-30(23-57)41(65)53-33(24(3)4)44(68)55-35/h9,16-19,24,26,29-37,42,56-61,66H,8,10-15,20-23H2,1-7H3,(H,48,62)(H,49,63)(H,50,67)(H,51,70)(H,52,64)(H,53,65)(H,54,69)(H,55,68)/b25-9-. The van der Waals surface area contributed by atoms with Crippen LogP contribution in [0.5, 0.6) is 0 Å². The number of aliphatic hydroxyl groups is 6. The van der Waals surface area contributed by atoms with Gasteiger partial charge in [-0.3, -0.25) is 43.7 Å². The van der Waals surface area contributed by atoms with Crippen LogP contribution in [-0.4, -0.2) is 184 Å². The number of amides is 8. The Kier molecular flexibility index (Phi) is 27.0. The number of methoxy groups -OCH3 is 1. The fourth-order valence-corrected chi connectivity index (χ4v) is 7.03. The third-order valence-electron chi connectivity index (χ3n) is 11.7. The van der Waals surface area contributed by atoms with Crippen LogP contribution in [0.1, 0.15) is 96.0 Å². The fraction of sp³-hybridized carbons (Fsp3) is 0.638. The largest absolute Gasteiger partial charge is 0.467 e. The van der Waals surface area contributed by atoms with E-state index < -0.39 is 152 Å². The van der Waals surface area contributed by atoms with Gasteiger partial charge in [-0.1, -0.05) is 71.1 Å². The van der Waals surface area contributed by atoms with Crippen molar-refractivity contribution in [3.8, 4) is 0 Å².